The molecule has 2 aromatic carbocycles. The van der Waals surface area contributed by atoms with Crippen LogP contribution in [0, 0.1) is 0 Å². The van der Waals surface area contributed by atoms with Crippen molar-refractivity contribution in [1.29, 1.82) is 0 Å². The first-order valence-electron chi connectivity index (χ1n) is 10.6. The number of benzene rings is 2. The summed E-state index contributed by atoms with van der Waals surface area (Å²) in [5, 5.41) is 0.869. The van der Waals surface area contributed by atoms with Crippen LogP contribution in [0.1, 0.15) is 43.7 Å². The quantitative estimate of drug-likeness (QED) is 0.485. The SMILES string of the molecule is COc1cc2ccc(C(OC(C)=O)c3ccc4c(c3OC)C=CC(C)(C)O4)nc2cc1OC. The van der Waals surface area contributed by atoms with Gasteiger partial charge in [0.15, 0.2) is 17.6 Å². The largest absolute Gasteiger partial charge is 0.496 e. The van der Waals surface area contributed by atoms with E-state index in [0.717, 1.165) is 10.9 Å². The smallest absolute Gasteiger partial charge is 0.303 e. The number of nitrogens with zero attached hydrogens (tertiary/aromatic N) is 1. The van der Waals surface area contributed by atoms with Crippen molar-refractivity contribution in [1.82, 2.24) is 4.98 Å². The van der Waals surface area contributed by atoms with Crippen molar-refractivity contribution < 1.29 is 28.5 Å². The maximum absolute atomic E-state index is 12.1. The van der Waals surface area contributed by atoms with Crippen LogP contribution in [0.25, 0.3) is 17.0 Å². The van der Waals surface area contributed by atoms with Gasteiger partial charge in [-0.3, -0.25) is 4.79 Å². The molecule has 2 heterocycles. The van der Waals surface area contributed by atoms with Gasteiger partial charge in [0, 0.05) is 23.9 Å². The summed E-state index contributed by atoms with van der Waals surface area (Å²) in [4.78, 5) is 16.8. The molecule has 1 unspecified atom stereocenters. The molecule has 0 aliphatic carbocycles. The minimum Gasteiger partial charge on any atom is -0.496 e. The molecule has 1 aliphatic heterocycles. The van der Waals surface area contributed by atoms with Gasteiger partial charge in [0.2, 0.25) is 0 Å². The molecule has 1 aliphatic rings. The highest BCUT2D eigenvalue weighted by molar-refractivity contribution is 5.83. The van der Waals surface area contributed by atoms with Gasteiger partial charge in [-0.2, -0.15) is 0 Å². The first-order valence-corrected chi connectivity index (χ1v) is 10.6. The molecule has 3 aromatic rings. The van der Waals surface area contributed by atoms with Gasteiger partial charge in [0.1, 0.15) is 17.1 Å². The Labute approximate surface area is 192 Å². The number of carbonyl (C=O) groups excluding carboxylic acids is 1. The Bertz CT molecular complexity index is 1250. The van der Waals surface area contributed by atoms with Gasteiger partial charge in [-0.1, -0.05) is 6.07 Å². The van der Waals surface area contributed by atoms with E-state index in [2.05, 4.69) is 0 Å². The third kappa shape index (κ3) is 4.31. The predicted molar refractivity (Wildman–Crippen MR) is 125 cm³/mol. The standard InChI is InChI=1S/C26H27NO6/c1-15(28)32-25(18-8-10-21-17(24(18)31-6)11-12-26(2,3)33-21)19-9-7-16-13-22(29-4)23(30-5)14-20(16)27-19/h7-14,25H,1-6H3. The molecule has 0 amide bonds. The molecule has 1 atom stereocenters. The summed E-state index contributed by atoms with van der Waals surface area (Å²) in [6, 6.07) is 11.1. The van der Waals surface area contributed by atoms with Crippen molar-refractivity contribution in [3.8, 4) is 23.0 Å². The fourth-order valence-electron chi connectivity index (χ4n) is 3.94. The summed E-state index contributed by atoms with van der Waals surface area (Å²) < 4.78 is 28.4. The number of aromatic nitrogens is 1. The normalized spacial score (nSPS) is 14.7. The lowest BCUT2D eigenvalue weighted by molar-refractivity contribution is -0.145. The van der Waals surface area contributed by atoms with Gasteiger partial charge in [0.05, 0.1) is 38.1 Å². The third-order valence-electron chi connectivity index (χ3n) is 5.47. The zero-order valence-electron chi connectivity index (χ0n) is 19.6. The van der Waals surface area contributed by atoms with Crippen LogP contribution in [0.15, 0.2) is 42.5 Å². The van der Waals surface area contributed by atoms with Crippen LogP contribution in [0.5, 0.6) is 23.0 Å². The lowest BCUT2D eigenvalue weighted by Gasteiger charge is -2.30. The average Bonchev–Trinajstić information content (AvgIpc) is 2.79. The number of fused-ring (bicyclic) bond motifs is 2. The van der Waals surface area contributed by atoms with Crippen LogP contribution in [-0.4, -0.2) is 37.9 Å². The Hall–Kier alpha value is -3.74. The first-order chi connectivity index (χ1) is 15.8. The highest BCUT2D eigenvalue weighted by atomic mass is 16.5. The molecule has 0 radical (unpaired) electrons. The molecule has 4 rings (SSSR count). The van der Waals surface area contributed by atoms with Gasteiger partial charge in [-0.25, -0.2) is 4.98 Å². The van der Waals surface area contributed by atoms with Crippen molar-refractivity contribution in [3.05, 3.63) is 59.3 Å². The van der Waals surface area contributed by atoms with E-state index < -0.39 is 17.7 Å². The van der Waals surface area contributed by atoms with Gasteiger partial charge in [-0.05, 0) is 50.3 Å². The Morgan fingerprint density at radius 2 is 1.73 bits per heavy atom. The minimum atomic E-state index is -0.774. The molecule has 0 saturated carbocycles. The lowest BCUT2D eigenvalue weighted by atomic mass is 9.96. The molecule has 0 bridgehead atoms. The Morgan fingerprint density at radius 3 is 2.39 bits per heavy atom. The number of ether oxygens (including phenoxy) is 5. The zero-order chi connectivity index (χ0) is 23.8. The molecular weight excluding hydrogens is 422 g/mol. The molecule has 172 valence electrons. The average molecular weight is 450 g/mol. The zero-order valence-corrected chi connectivity index (χ0v) is 19.6. The lowest BCUT2D eigenvalue weighted by Crippen LogP contribution is -2.27. The second-order valence-corrected chi connectivity index (χ2v) is 8.26. The van der Waals surface area contributed by atoms with E-state index in [1.807, 2.05) is 56.3 Å². The number of esters is 1. The number of methoxy groups -OCH3 is 3. The van der Waals surface area contributed by atoms with E-state index in [1.165, 1.54) is 6.92 Å². The summed E-state index contributed by atoms with van der Waals surface area (Å²) in [5.41, 5.74) is 2.29. The maximum atomic E-state index is 12.1. The van der Waals surface area contributed by atoms with E-state index in [-0.39, 0.29) is 0 Å². The van der Waals surface area contributed by atoms with Crippen molar-refractivity contribution in [2.45, 2.75) is 32.5 Å². The Balaban J connectivity index is 1.86. The summed E-state index contributed by atoms with van der Waals surface area (Å²) >= 11 is 0. The van der Waals surface area contributed by atoms with E-state index in [1.54, 1.807) is 27.4 Å². The van der Waals surface area contributed by atoms with Crippen LogP contribution >= 0.6 is 0 Å². The van der Waals surface area contributed by atoms with E-state index >= 15 is 0 Å². The molecule has 0 N–H and O–H groups in total. The fourth-order valence-corrected chi connectivity index (χ4v) is 3.94. The first kappa shape index (κ1) is 22.5. The van der Waals surface area contributed by atoms with Crippen molar-refractivity contribution in [2.75, 3.05) is 21.3 Å². The van der Waals surface area contributed by atoms with Gasteiger partial charge >= 0.3 is 5.97 Å². The van der Waals surface area contributed by atoms with Crippen LogP contribution in [-0.2, 0) is 9.53 Å². The molecule has 7 nitrogen and oxygen atoms in total. The maximum Gasteiger partial charge on any atom is 0.303 e. The second kappa shape index (κ2) is 8.65. The minimum absolute atomic E-state index is 0.422. The van der Waals surface area contributed by atoms with Crippen molar-refractivity contribution in [3.63, 3.8) is 0 Å². The highest BCUT2D eigenvalue weighted by Gasteiger charge is 2.29. The fraction of sp³-hybridized carbons (Fsp3) is 0.308. The molecule has 0 fully saturated rings. The molecule has 7 heteroatoms. The van der Waals surface area contributed by atoms with E-state index in [4.69, 9.17) is 28.7 Å². The molecule has 1 aromatic heterocycles. The van der Waals surface area contributed by atoms with Gasteiger partial charge in [-0.15, -0.1) is 0 Å². The van der Waals surface area contributed by atoms with Gasteiger partial charge < -0.3 is 23.7 Å². The second-order valence-electron chi connectivity index (χ2n) is 8.26. The van der Waals surface area contributed by atoms with Gasteiger partial charge in [0.25, 0.3) is 0 Å². The van der Waals surface area contributed by atoms with Crippen molar-refractivity contribution >= 4 is 22.9 Å². The molecule has 0 saturated heterocycles. The number of hydrogen-bond donors (Lipinski definition) is 0. The topological polar surface area (TPSA) is 76.1 Å². The summed E-state index contributed by atoms with van der Waals surface area (Å²) in [6.07, 6.45) is 3.16. The number of carbonyl (C=O) groups is 1. The number of rotatable bonds is 6. The van der Waals surface area contributed by atoms with E-state index in [0.29, 0.717) is 39.8 Å². The number of pyridine rings is 1. The summed E-state index contributed by atoms with van der Waals surface area (Å²) in [7, 11) is 4.75. The molecular formula is C26H27NO6. The molecule has 33 heavy (non-hydrogen) atoms. The summed E-state index contributed by atoms with van der Waals surface area (Å²) in [5.74, 6) is 2.02. The van der Waals surface area contributed by atoms with Crippen LogP contribution < -0.4 is 18.9 Å². The Morgan fingerprint density at radius 1 is 1.00 bits per heavy atom. The third-order valence-corrected chi connectivity index (χ3v) is 5.47. The Kier molecular flexibility index (Phi) is 5.89. The van der Waals surface area contributed by atoms with Crippen LogP contribution in [0.4, 0.5) is 0 Å². The van der Waals surface area contributed by atoms with Crippen LogP contribution in [0.3, 0.4) is 0 Å². The summed E-state index contributed by atoms with van der Waals surface area (Å²) in [6.45, 7) is 5.34. The highest BCUT2D eigenvalue weighted by Crippen LogP contribution is 2.43. The van der Waals surface area contributed by atoms with E-state index in [9.17, 15) is 4.79 Å². The number of hydrogen-bond acceptors (Lipinski definition) is 7. The molecule has 0 spiro atoms. The monoisotopic (exact) mass is 449 g/mol. The van der Waals surface area contributed by atoms with Crippen molar-refractivity contribution in [2.24, 2.45) is 0 Å². The predicted octanol–water partition coefficient (Wildman–Crippen LogP) is 5.10. The van der Waals surface area contributed by atoms with Crippen LogP contribution in [0.2, 0.25) is 0 Å².